The molecule has 1 aromatic heterocycles. The molecule has 13 heavy (non-hydrogen) atoms. The van der Waals surface area contributed by atoms with Gasteiger partial charge in [-0.3, -0.25) is 14.9 Å². The predicted molar refractivity (Wildman–Crippen MR) is 49.4 cm³/mol. The fourth-order valence-electron chi connectivity index (χ4n) is 1.51. The second-order valence-corrected chi connectivity index (χ2v) is 3.76. The zero-order chi connectivity index (χ0) is 9.59. The molecule has 2 heterocycles. The molecule has 1 aliphatic rings. The first-order valence-electron chi connectivity index (χ1n) is 3.80. The average molecular weight is 243 g/mol. The first kappa shape index (κ1) is 8.50. The van der Waals surface area contributed by atoms with Crippen molar-refractivity contribution >= 4 is 27.7 Å². The lowest BCUT2D eigenvalue weighted by Crippen LogP contribution is -2.37. The van der Waals surface area contributed by atoms with Gasteiger partial charge in [0, 0.05) is 11.3 Å². The summed E-state index contributed by atoms with van der Waals surface area (Å²) in [6, 6.07) is 0. The molecule has 5 heteroatoms. The molecular weight excluding hydrogens is 236 g/mol. The fourth-order valence-corrected chi connectivity index (χ4v) is 2.14. The van der Waals surface area contributed by atoms with E-state index in [9.17, 15) is 9.59 Å². The predicted octanol–water partition coefficient (Wildman–Crippen LogP) is 0.898. The number of hydrogen-bond acceptors (Lipinski definition) is 2. The summed E-state index contributed by atoms with van der Waals surface area (Å²) >= 11 is 3.27. The van der Waals surface area contributed by atoms with E-state index in [1.54, 1.807) is 6.92 Å². The zero-order valence-electron chi connectivity index (χ0n) is 6.90. The van der Waals surface area contributed by atoms with Crippen LogP contribution in [-0.2, 0) is 11.2 Å². The number of fused-ring (bicyclic) bond motifs is 1. The van der Waals surface area contributed by atoms with Crippen molar-refractivity contribution < 1.29 is 9.59 Å². The minimum atomic E-state index is -0.314. The number of carbonyl (C=O) groups excluding carboxylic acids is 2. The molecular formula is C8H7BrN2O2. The van der Waals surface area contributed by atoms with Crippen molar-refractivity contribution in [1.82, 2.24) is 10.3 Å². The molecule has 0 aliphatic carbocycles. The van der Waals surface area contributed by atoms with Gasteiger partial charge in [0.05, 0.1) is 16.6 Å². The second-order valence-electron chi connectivity index (χ2n) is 2.97. The Balaban J connectivity index is 2.64. The second kappa shape index (κ2) is 2.70. The molecule has 68 valence electrons. The lowest BCUT2D eigenvalue weighted by atomic mass is 10.0. The van der Waals surface area contributed by atoms with Crippen LogP contribution < -0.4 is 5.32 Å². The third-order valence-corrected chi connectivity index (χ3v) is 2.73. The zero-order valence-corrected chi connectivity index (χ0v) is 8.49. The number of nitrogens with one attached hydrogen (secondary N) is 2. The monoisotopic (exact) mass is 242 g/mol. The van der Waals surface area contributed by atoms with Crippen LogP contribution in [0.2, 0.25) is 0 Å². The van der Waals surface area contributed by atoms with E-state index in [-0.39, 0.29) is 18.2 Å². The Morgan fingerprint density at radius 1 is 1.38 bits per heavy atom. The van der Waals surface area contributed by atoms with Crippen LogP contribution in [0.1, 0.15) is 21.6 Å². The number of imide groups is 1. The number of aromatic amines is 1. The van der Waals surface area contributed by atoms with Crippen molar-refractivity contribution in [3.63, 3.8) is 0 Å². The number of hydrogen-bond donors (Lipinski definition) is 2. The number of carbonyl (C=O) groups is 2. The minimum absolute atomic E-state index is 0.253. The van der Waals surface area contributed by atoms with Gasteiger partial charge in [-0.05, 0) is 22.9 Å². The van der Waals surface area contributed by atoms with Crippen LogP contribution in [0.15, 0.2) is 4.60 Å². The van der Waals surface area contributed by atoms with Crippen LogP contribution in [0.4, 0.5) is 0 Å². The van der Waals surface area contributed by atoms with E-state index in [1.165, 1.54) is 0 Å². The van der Waals surface area contributed by atoms with E-state index in [4.69, 9.17) is 0 Å². The summed E-state index contributed by atoms with van der Waals surface area (Å²) in [6.45, 7) is 1.80. The molecule has 0 atom stereocenters. The highest BCUT2D eigenvalue weighted by molar-refractivity contribution is 9.10. The van der Waals surface area contributed by atoms with Crippen LogP contribution in [0.3, 0.4) is 0 Å². The highest BCUT2D eigenvalue weighted by atomic mass is 79.9. The maximum Gasteiger partial charge on any atom is 0.259 e. The average Bonchev–Trinajstić information content (AvgIpc) is 2.27. The maximum absolute atomic E-state index is 11.4. The van der Waals surface area contributed by atoms with Gasteiger partial charge in [-0.25, -0.2) is 0 Å². The van der Waals surface area contributed by atoms with Crippen LogP contribution in [0, 0.1) is 6.92 Å². The van der Waals surface area contributed by atoms with Crippen molar-refractivity contribution in [2.45, 2.75) is 13.3 Å². The topological polar surface area (TPSA) is 62.0 Å². The molecule has 2 rings (SSSR count). The molecule has 0 bridgehead atoms. The van der Waals surface area contributed by atoms with Crippen LogP contribution in [0.25, 0.3) is 0 Å². The number of aryl methyl sites for hydroxylation is 1. The quantitative estimate of drug-likeness (QED) is 0.665. The van der Waals surface area contributed by atoms with Gasteiger partial charge in [0.25, 0.3) is 5.91 Å². The molecule has 1 aromatic rings. The summed E-state index contributed by atoms with van der Waals surface area (Å²) < 4.78 is 0.725. The third kappa shape index (κ3) is 1.19. The van der Waals surface area contributed by atoms with Crippen LogP contribution in [0.5, 0.6) is 0 Å². The van der Waals surface area contributed by atoms with Gasteiger partial charge in [0.15, 0.2) is 0 Å². The largest absolute Gasteiger partial charge is 0.352 e. The first-order chi connectivity index (χ1) is 6.09. The van der Waals surface area contributed by atoms with E-state index in [0.29, 0.717) is 5.56 Å². The Morgan fingerprint density at radius 2 is 2.08 bits per heavy atom. The molecule has 0 saturated carbocycles. The van der Waals surface area contributed by atoms with Crippen molar-refractivity contribution in [3.05, 3.63) is 21.4 Å². The number of halogens is 1. The molecule has 0 unspecified atom stereocenters. The van der Waals surface area contributed by atoms with Gasteiger partial charge in [0.1, 0.15) is 0 Å². The van der Waals surface area contributed by atoms with Crippen molar-refractivity contribution in [3.8, 4) is 0 Å². The van der Waals surface area contributed by atoms with Gasteiger partial charge in [0.2, 0.25) is 5.91 Å². The van der Waals surface area contributed by atoms with Gasteiger partial charge < -0.3 is 4.98 Å². The molecule has 0 spiro atoms. The smallest absolute Gasteiger partial charge is 0.259 e. The third-order valence-electron chi connectivity index (χ3n) is 2.06. The molecule has 0 radical (unpaired) electrons. The van der Waals surface area contributed by atoms with Crippen molar-refractivity contribution in [2.24, 2.45) is 0 Å². The van der Waals surface area contributed by atoms with Gasteiger partial charge in [-0.1, -0.05) is 0 Å². The highest BCUT2D eigenvalue weighted by Gasteiger charge is 2.27. The number of rotatable bonds is 0. The van der Waals surface area contributed by atoms with Crippen LogP contribution in [-0.4, -0.2) is 16.8 Å². The van der Waals surface area contributed by atoms with E-state index < -0.39 is 0 Å². The van der Waals surface area contributed by atoms with Crippen LogP contribution >= 0.6 is 15.9 Å². The maximum atomic E-state index is 11.4. The highest BCUT2D eigenvalue weighted by Crippen LogP contribution is 2.26. The lowest BCUT2D eigenvalue weighted by Gasteiger charge is -2.11. The molecule has 0 saturated heterocycles. The fraction of sp³-hybridized carbons (Fsp3) is 0.250. The lowest BCUT2D eigenvalue weighted by molar-refractivity contribution is -0.119. The van der Waals surface area contributed by atoms with E-state index in [0.717, 1.165) is 15.9 Å². The molecule has 0 fully saturated rings. The standard InChI is InChI=1S/C8H7BrN2O2/c1-3-6-4(7(9)10-3)2-5(12)11-8(6)13/h10H,2H2,1H3,(H,11,12,13). The molecule has 2 amide bonds. The molecule has 2 N–H and O–H groups in total. The molecule has 4 nitrogen and oxygen atoms in total. The number of amides is 2. The molecule has 1 aliphatic heterocycles. The van der Waals surface area contributed by atoms with E-state index >= 15 is 0 Å². The molecule has 0 aromatic carbocycles. The van der Waals surface area contributed by atoms with Gasteiger partial charge in [-0.15, -0.1) is 0 Å². The van der Waals surface area contributed by atoms with Crippen molar-refractivity contribution in [2.75, 3.05) is 0 Å². The Kier molecular flexibility index (Phi) is 1.76. The summed E-state index contributed by atoms with van der Waals surface area (Å²) in [5.74, 6) is -0.567. The number of H-pyrrole nitrogens is 1. The van der Waals surface area contributed by atoms with Gasteiger partial charge >= 0.3 is 0 Å². The van der Waals surface area contributed by atoms with Crippen molar-refractivity contribution in [1.29, 1.82) is 0 Å². The van der Waals surface area contributed by atoms with E-state index in [2.05, 4.69) is 26.2 Å². The Bertz CT molecular complexity index is 409. The Morgan fingerprint density at radius 3 is 2.77 bits per heavy atom. The van der Waals surface area contributed by atoms with E-state index in [1.807, 2.05) is 0 Å². The number of aromatic nitrogens is 1. The summed E-state index contributed by atoms with van der Waals surface area (Å²) in [5, 5.41) is 2.27. The summed E-state index contributed by atoms with van der Waals surface area (Å²) in [4.78, 5) is 25.4. The first-order valence-corrected chi connectivity index (χ1v) is 4.60. The minimum Gasteiger partial charge on any atom is -0.352 e. The SMILES string of the molecule is Cc1[nH]c(Br)c2c1C(=O)NC(=O)C2. The normalized spacial score (nSPS) is 15.5. The Labute approximate surface area is 82.8 Å². The Hall–Kier alpha value is -1.10. The summed E-state index contributed by atoms with van der Waals surface area (Å²) in [5.41, 5.74) is 2.13. The van der Waals surface area contributed by atoms with Gasteiger partial charge in [-0.2, -0.15) is 0 Å². The summed E-state index contributed by atoms with van der Waals surface area (Å²) in [7, 11) is 0. The summed E-state index contributed by atoms with van der Waals surface area (Å²) in [6.07, 6.45) is 0.256.